The van der Waals surface area contributed by atoms with Gasteiger partial charge in [0.05, 0.1) is 6.61 Å². The second-order valence-electron chi connectivity index (χ2n) is 12.8. The Hall–Kier alpha value is -2.62. The van der Waals surface area contributed by atoms with E-state index in [1.54, 1.807) is 24.3 Å². The minimum absolute atomic E-state index is 0.133. The second kappa shape index (κ2) is 22.1. The summed E-state index contributed by atoms with van der Waals surface area (Å²) < 4.78 is 38.6. The zero-order valence-corrected chi connectivity index (χ0v) is 29.7. The van der Waals surface area contributed by atoms with Gasteiger partial charge >= 0.3 is 13.7 Å². The number of benzene rings is 2. The molecule has 1 heterocycles. The van der Waals surface area contributed by atoms with Gasteiger partial charge in [-0.15, -0.1) is 6.42 Å². The van der Waals surface area contributed by atoms with Crippen LogP contribution in [0.25, 0.3) is 0 Å². The van der Waals surface area contributed by atoms with Crippen molar-refractivity contribution in [3.8, 4) is 18.1 Å². The molecule has 47 heavy (non-hydrogen) atoms. The van der Waals surface area contributed by atoms with Gasteiger partial charge in [0.25, 0.3) is 0 Å². The van der Waals surface area contributed by atoms with Gasteiger partial charge in [0.2, 0.25) is 0 Å². The van der Waals surface area contributed by atoms with Crippen LogP contribution in [-0.4, -0.2) is 36.9 Å². The molecule has 0 bridgehead atoms. The van der Waals surface area contributed by atoms with Gasteiger partial charge in [0.1, 0.15) is 17.9 Å². The average molecular weight is 668 g/mol. The minimum Gasteiger partial charge on any atom is -0.461 e. The molecule has 0 spiro atoms. The first-order valence-electron chi connectivity index (χ1n) is 18.0. The first-order chi connectivity index (χ1) is 22.9. The molecule has 8 heteroatoms. The van der Waals surface area contributed by atoms with Crippen LogP contribution < -0.4 is 9.61 Å². The predicted octanol–water partition coefficient (Wildman–Crippen LogP) is 9.99. The number of esters is 1. The zero-order valence-electron chi connectivity index (χ0n) is 28.8. The third-order valence-corrected chi connectivity index (χ3v) is 10.3. The molecule has 1 unspecified atom stereocenters. The quantitative estimate of drug-likeness (QED) is 0.0488. The molecular formula is C39H58NO6P. The molecule has 1 aliphatic heterocycles. The van der Waals surface area contributed by atoms with E-state index in [4.69, 9.17) is 24.9 Å². The first kappa shape index (κ1) is 38.8. The predicted molar refractivity (Wildman–Crippen MR) is 190 cm³/mol. The fourth-order valence-corrected chi connectivity index (χ4v) is 7.44. The summed E-state index contributed by atoms with van der Waals surface area (Å²) in [5.41, 5.74) is -0.0950. The van der Waals surface area contributed by atoms with Crippen molar-refractivity contribution in [2.24, 2.45) is 0 Å². The van der Waals surface area contributed by atoms with Crippen LogP contribution in [0.2, 0.25) is 0 Å². The van der Waals surface area contributed by atoms with E-state index < -0.39 is 25.4 Å². The smallest absolute Gasteiger partial charge is 0.459 e. The fourth-order valence-electron chi connectivity index (χ4n) is 5.90. The van der Waals surface area contributed by atoms with Crippen molar-refractivity contribution in [3.05, 3.63) is 66.2 Å². The summed E-state index contributed by atoms with van der Waals surface area (Å²) in [4.78, 5) is 14.0. The van der Waals surface area contributed by atoms with Crippen LogP contribution in [-0.2, 0) is 29.8 Å². The Morgan fingerprint density at radius 2 is 1.47 bits per heavy atom. The largest absolute Gasteiger partial charge is 0.461 e. The molecule has 0 saturated carbocycles. The number of para-hydroxylation sites is 1. The number of nitrogens with one attached hydrogen (secondary N) is 1. The van der Waals surface area contributed by atoms with E-state index in [9.17, 15) is 9.36 Å². The van der Waals surface area contributed by atoms with Gasteiger partial charge in [0, 0.05) is 6.61 Å². The van der Waals surface area contributed by atoms with Crippen molar-refractivity contribution in [2.45, 2.75) is 141 Å². The summed E-state index contributed by atoms with van der Waals surface area (Å²) in [7, 11) is -4.14. The maximum atomic E-state index is 14.5. The number of ether oxygens (including phenoxy) is 2. The molecule has 2 aromatic rings. The third-order valence-electron chi connectivity index (χ3n) is 8.73. The highest BCUT2D eigenvalue weighted by Crippen LogP contribution is 2.47. The van der Waals surface area contributed by atoms with Crippen LogP contribution in [0.5, 0.6) is 5.75 Å². The van der Waals surface area contributed by atoms with Crippen LogP contribution in [0.4, 0.5) is 0 Å². The van der Waals surface area contributed by atoms with E-state index in [1.165, 1.54) is 51.4 Å². The standard InChI is InChI=1S/C39H58NO6P/c1-4-7-9-11-13-19-26-35(27-20-14-12-10-8-5-2)45-38(41)37(32-34-24-17-15-18-25-34)40-47(42,46-36-28-21-16-22-29-36)44-33-39(6-3)30-23-31-43-39/h3,15-18,21-22,24-25,28-29,35,37H,4-5,7-14,19-20,23,26-27,30-33H2,1-2H3,(H,40,42)/t37-,39-,47?/m0/s1. The Bertz CT molecular complexity index is 1190. The van der Waals surface area contributed by atoms with Crippen molar-refractivity contribution in [1.82, 2.24) is 5.09 Å². The van der Waals surface area contributed by atoms with Crippen LogP contribution >= 0.6 is 7.75 Å². The third kappa shape index (κ3) is 15.0. The van der Waals surface area contributed by atoms with Gasteiger partial charge < -0.3 is 14.0 Å². The molecule has 3 rings (SSSR count). The lowest BCUT2D eigenvalue weighted by Gasteiger charge is -2.29. The molecule has 0 amide bonds. The van der Waals surface area contributed by atoms with Crippen molar-refractivity contribution >= 4 is 13.7 Å². The van der Waals surface area contributed by atoms with Crippen LogP contribution in [0.15, 0.2) is 60.7 Å². The molecular weight excluding hydrogens is 609 g/mol. The Kier molecular flexibility index (Phi) is 18.3. The van der Waals surface area contributed by atoms with E-state index >= 15 is 0 Å². The van der Waals surface area contributed by atoms with E-state index in [0.29, 0.717) is 18.8 Å². The Balaban J connectivity index is 1.78. The highest BCUT2D eigenvalue weighted by molar-refractivity contribution is 7.52. The number of carbonyl (C=O) groups excluding carboxylic acids is 1. The molecule has 0 aromatic heterocycles. The topological polar surface area (TPSA) is 83.1 Å². The maximum Gasteiger partial charge on any atom is 0.459 e. The highest BCUT2D eigenvalue weighted by atomic mass is 31.2. The van der Waals surface area contributed by atoms with Gasteiger partial charge in [-0.25, -0.2) is 4.57 Å². The van der Waals surface area contributed by atoms with Crippen molar-refractivity contribution in [1.29, 1.82) is 0 Å². The molecule has 0 radical (unpaired) electrons. The summed E-state index contributed by atoms with van der Waals surface area (Å²) in [6.45, 7) is 4.82. The Labute approximate surface area is 284 Å². The summed E-state index contributed by atoms with van der Waals surface area (Å²) in [6.07, 6.45) is 23.0. The molecule has 1 aliphatic rings. The number of carbonyl (C=O) groups is 1. The average Bonchev–Trinajstić information content (AvgIpc) is 3.57. The van der Waals surface area contributed by atoms with Crippen molar-refractivity contribution < 1.29 is 27.9 Å². The minimum atomic E-state index is -4.14. The molecule has 3 atom stereocenters. The molecule has 0 aliphatic carbocycles. The van der Waals surface area contributed by atoms with E-state index in [-0.39, 0.29) is 19.1 Å². The lowest BCUT2D eigenvalue weighted by atomic mass is 10.0. The van der Waals surface area contributed by atoms with Gasteiger partial charge in [-0.3, -0.25) is 9.32 Å². The summed E-state index contributed by atoms with van der Waals surface area (Å²) in [6, 6.07) is 17.5. The zero-order chi connectivity index (χ0) is 33.6. The van der Waals surface area contributed by atoms with Crippen LogP contribution in [0.1, 0.15) is 122 Å². The van der Waals surface area contributed by atoms with E-state index in [0.717, 1.165) is 50.5 Å². The lowest BCUT2D eigenvalue weighted by molar-refractivity contribution is -0.152. The number of rotatable bonds is 25. The Morgan fingerprint density at radius 1 is 0.894 bits per heavy atom. The summed E-state index contributed by atoms with van der Waals surface area (Å²) in [5, 5.41) is 2.99. The van der Waals surface area contributed by atoms with Crippen molar-refractivity contribution in [3.63, 3.8) is 0 Å². The lowest BCUT2D eigenvalue weighted by Crippen LogP contribution is -2.42. The van der Waals surface area contributed by atoms with Crippen LogP contribution in [0.3, 0.4) is 0 Å². The molecule has 2 aromatic carbocycles. The Morgan fingerprint density at radius 3 is 2.02 bits per heavy atom. The van der Waals surface area contributed by atoms with Gasteiger partial charge in [-0.1, -0.05) is 133 Å². The second-order valence-corrected chi connectivity index (χ2v) is 14.5. The first-order valence-corrected chi connectivity index (χ1v) is 19.6. The fraction of sp³-hybridized carbons (Fsp3) is 0.615. The molecule has 7 nitrogen and oxygen atoms in total. The van der Waals surface area contributed by atoms with Crippen LogP contribution in [0, 0.1) is 12.3 Å². The van der Waals surface area contributed by atoms with Gasteiger partial charge in [-0.2, -0.15) is 5.09 Å². The number of terminal acetylenes is 1. The highest BCUT2D eigenvalue weighted by Gasteiger charge is 2.40. The molecule has 260 valence electrons. The molecule has 1 fully saturated rings. The molecule has 1 saturated heterocycles. The van der Waals surface area contributed by atoms with Gasteiger partial charge in [-0.05, 0) is 62.6 Å². The number of hydrogen-bond donors (Lipinski definition) is 1. The van der Waals surface area contributed by atoms with E-state index in [2.05, 4.69) is 24.9 Å². The number of unbranched alkanes of at least 4 members (excludes halogenated alkanes) is 10. The number of hydrogen-bond acceptors (Lipinski definition) is 6. The molecule has 1 N–H and O–H groups in total. The monoisotopic (exact) mass is 667 g/mol. The van der Waals surface area contributed by atoms with Gasteiger partial charge in [0.15, 0.2) is 5.60 Å². The van der Waals surface area contributed by atoms with E-state index in [1.807, 2.05) is 36.4 Å². The normalized spacial score (nSPS) is 18.0. The summed E-state index contributed by atoms with van der Waals surface area (Å²) in [5.74, 6) is 2.57. The SMILES string of the molecule is C#C[C@@]1(COP(=O)(N[C@@H](Cc2ccccc2)C(=O)OC(CCCCCCCC)CCCCCCCC)Oc2ccccc2)CCCO1. The summed E-state index contributed by atoms with van der Waals surface area (Å²) >= 11 is 0. The maximum absolute atomic E-state index is 14.5. The van der Waals surface area contributed by atoms with Crippen molar-refractivity contribution in [2.75, 3.05) is 13.2 Å².